The molecule has 1 spiro atoms. The van der Waals surface area contributed by atoms with Gasteiger partial charge in [0.25, 0.3) is 0 Å². The molecule has 1 N–H and O–H groups in total. The van der Waals surface area contributed by atoms with Crippen LogP contribution in [-0.2, 0) is 16.1 Å². The van der Waals surface area contributed by atoms with Gasteiger partial charge in [-0.1, -0.05) is 24.3 Å². The zero-order valence-electron chi connectivity index (χ0n) is 22.9. The Kier molecular flexibility index (Phi) is 8.55. The van der Waals surface area contributed by atoms with Gasteiger partial charge in [-0.25, -0.2) is 0 Å². The highest BCUT2D eigenvalue weighted by Gasteiger charge is 2.37. The molecule has 2 saturated heterocycles. The molecule has 2 aliphatic rings. The first-order valence-electron chi connectivity index (χ1n) is 13.8. The van der Waals surface area contributed by atoms with Crippen molar-refractivity contribution in [2.45, 2.75) is 38.6 Å². The second kappa shape index (κ2) is 12.4. The van der Waals surface area contributed by atoms with Crippen LogP contribution in [0.5, 0.6) is 23.0 Å². The number of carbonyl (C=O) groups is 2. The van der Waals surface area contributed by atoms with Crippen molar-refractivity contribution >= 4 is 17.6 Å². The lowest BCUT2D eigenvalue weighted by Crippen LogP contribution is -2.46. The van der Waals surface area contributed by atoms with E-state index in [4.69, 9.17) is 19.3 Å². The molecule has 5 rings (SSSR count). The smallest absolute Gasteiger partial charge is 0.322 e. The molecule has 40 heavy (non-hydrogen) atoms. The van der Waals surface area contributed by atoms with Gasteiger partial charge >= 0.3 is 11.9 Å². The van der Waals surface area contributed by atoms with Gasteiger partial charge in [-0.2, -0.15) is 0 Å². The number of carboxylic acids is 1. The molecule has 2 heterocycles. The molecular formula is C32H36N2O6. The standard InChI is InChI=1S/C32H36N2O6/c1-38-28-7-2-3-8-29(28)39-27-6-4-5-24(21-27)23-33-17-13-32(14-18-33)15-19-34(20-16-32)25-9-11-26(12-10-25)40-31(37)22-30(35)36/h2-12,21H,13-20,22-23H2,1H3,(H,35,36). The predicted octanol–water partition coefficient (Wildman–Crippen LogP) is 5.75. The number of esters is 1. The van der Waals surface area contributed by atoms with Crippen molar-refractivity contribution in [3.05, 3.63) is 78.4 Å². The Balaban J connectivity index is 1.09. The topological polar surface area (TPSA) is 88.5 Å². The molecule has 3 aromatic rings. The highest BCUT2D eigenvalue weighted by atomic mass is 16.5. The molecule has 8 heteroatoms. The summed E-state index contributed by atoms with van der Waals surface area (Å²) in [5, 5.41) is 8.71. The van der Waals surface area contributed by atoms with Crippen molar-refractivity contribution in [2.75, 3.05) is 38.2 Å². The van der Waals surface area contributed by atoms with Crippen molar-refractivity contribution in [1.29, 1.82) is 0 Å². The maximum Gasteiger partial charge on any atom is 0.322 e. The van der Waals surface area contributed by atoms with Crippen LogP contribution in [0.2, 0.25) is 0 Å². The van der Waals surface area contributed by atoms with Crippen LogP contribution in [0.3, 0.4) is 0 Å². The maximum absolute atomic E-state index is 11.6. The number of rotatable bonds is 9. The highest BCUT2D eigenvalue weighted by molar-refractivity contribution is 5.91. The first-order chi connectivity index (χ1) is 19.4. The van der Waals surface area contributed by atoms with E-state index in [9.17, 15) is 9.59 Å². The van der Waals surface area contributed by atoms with E-state index < -0.39 is 18.4 Å². The number of hydrogen-bond donors (Lipinski definition) is 1. The Hall–Kier alpha value is -4.04. The molecule has 8 nitrogen and oxygen atoms in total. The molecular weight excluding hydrogens is 508 g/mol. The van der Waals surface area contributed by atoms with Crippen molar-refractivity contribution in [1.82, 2.24) is 4.90 Å². The Morgan fingerprint density at radius 2 is 1.50 bits per heavy atom. The van der Waals surface area contributed by atoms with E-state index >= 15 is 0 Å². The number of carbonyl (C=O) groups excluding carboxylic acids is 1. The van der Waals surface area contributed by atoms with Crippen LogP contribution in [0.15, 0.2) is 72.8 Å². The van der Waals surface area contributed by atoms with Crippen LogP contribution >= 0.6 is 0 Å². The van der Waals surface area contributed by atoms with Gasteiger partial charge in [0.2, 0.25) is 0 Å². The normalized spacial score (nSPS) is 16.9. The number of aliphatic carboxylic acids is 1. The summed E-state index contributed by atoms with van der Waals surface area (Å²) < 4.78 is 16.6. The minimum Gasteiger partial charge on any atom is -0.493 e. The van der Waals surface area contributed by atoms with Crippen molar-refractivity contribution < 1.29 is 28.9 Å². The summed E-state index contributed by atoms with van der Waals surface area (Å²) in [6.45, 7) is 5.09. The molecule has 0 atom stereocenters. The largest absolute Gasteiger partial charge is 0.493 e. The number of methoxy groups -OCH3 is 1. The monoisotopic (exact) mass is 544 g/mol. The van der Waals surface area contributed by atoms with Crippen LogP contribution in [0, 0.1) is 5.41 Å². The van der Waals surface area contributed by atoms with Gasteiger partial charge in [-0.3, -0.25) is 14.5 Å². The van der Waals surface area contributed by atoms with E-state index in [2.05, 4.69) is 21.9 Å². The van der Waals surface area contributed by atoms with Gasteiger partial charge in [0.05, 0.1) is 7.11 Å². The molecule has 0 saturated carbocycles. The fourth-order valence-corrected chi connectivity index (χ4v) is 5.74. The molecule has 0 radical (unpaired) electrons. The lowest BCUT2D eigenvalue weighted by atomic mass is 9.71. The predicted molar refractivity (Wildman–Crippen MR) is 152 cm³/mol. The van der Waals surface area contributed by atoms with Crippen LogP contribution < -0.4 is 19.1 Å². The lowest BCUT2D eigenvalue weighted by Gasteiger charge is -2.47. The first kappa shape index (κ1) is 27.5. The average molecular weight is 545 g/mol. The zero-order chi connectivity index (χ0) is 28.0. The Morgan fingerprint density at radius 3 is 2.17 bits per heavy atom. The second-order valence-electron chi connectivity index (χ2n) is 10.7. The summed E-state index contributed by atoms with van der Waals surface area (Å²) in [7, 11) is 1.65. The molecule has 0 aromatic heterocycles. The third-order valence-corrected chi connectivity index (χ3v) is 8.07. The Morgan fingerprint density at radius 1 is 0.825 bits per heavy atom. The summed E-state index contributed by atoms with van der Waals surface area (Å²) in [4.78, 5) is 27.2. The van der Waals surface area contributed by atoms with Crippen molar-refractivity contribution in [3.63, 3.8) is 0 Å². The van der Waals surface area contributed by atoms with E-state index in [0.717, 1.165) is 49.9 Å². The minimum absolute atomic E-state index is 0.368. The molecule has 0 aliphatic carbocycles. The van der Waals surface area contributed by atoms with E-state index in [-0.39, 0.29) is 0 Å². The molecule has 2 fully saturated rings. The maximum atomic E-state index is 11.6. The molecule has 0 unspecified atom stereocenters. The lowest BCUT2D eigenvalue weighted by molar-refractivity contribution is -0.145. The molecule has 2 aliphatic heterocycles. The summed E-state index contributed by atoms with van der Waals surface area (Å²) in [6, 6.07) is 23.3. The number of benzene rings is 3. The van der Waals surface area contributed by atoms with E-state index in [1.54, 1.807) is 19.2 Å². The van der Waals surface area contributed by atoms with Gasteiger partial charge in [0.15, 0.2) is 11.5 Å². The number of para-hydroxylation sites is 2. The minimum atomic E-state index is -1.20. The van der Waals surface area contributed by atoms with E-state index in [1.807, 2.05) is 48.5 Å². The van der Waals surface area contributed by atoms with Gasteiger partial charge in [-0.05, 0) is 98.3 Å². The van der Waals surface area contributed by atoms with E-state index in [1.165, 1.54) is 31.2 Å². The quantitative estimate of drug-likeness (QED) is 0.207. The summed E-state index contributed by atoms with van der Waals surface area (Å²) in [5.74, 6) is 0.653. The number of piperidine rings is 2. The molecule has 210 valence electrons. The first-order valence-corrected chi connectivity index (χ1v) is 13.8. The fourth-order valence-electron chi connectivity index (χ4n) is 5.74. The number of ether oxygens (including phenoxy) is 3. The summed E-state index contributed by atoms with van der Waals surface area (Å²) >= 11 is 0. The van der Waals surface area contributed by atoms with Crippen LogP contribution in [-0.4, -0.2) is 55.2 Å². The van der Waals surface area contributed by atoms with E-state index in [0.29, 0.717) is 16.9 Å². The number of likely N-dealkylation sites (tertiary alicyclic amines) is 1. The van der Waals surface area contributed by atoms with Crippen molar-refractivity contribution in [3.8, 4) is 23.0 Å². The second-order valence-corrected chi connectivity index (χ2v) is 10.7. The van der Waals surface area contributed by atoms with Gasteiger partial charge in [-0.15, -0.1) is 0 Å². The number of anilines is 1. The average Bonchev–Trinajstić information content (AvgIpc) is 2.95. The number of nitrogens with zero attached hydrogens (tertiary/aromatic N) is 2. The van der Waals surface area contributed by atoms with Gasteiger partial charge in [0.1, 0.15) is 17.9 Å². The molecule has 3 aromatic carbocycles. The van der Waals surface area contributed by atoms with Gasteiger partial charge < -0.3 is 24.2 Å². The third-order valence-electron chi connectivity index (χ3n) is 8.07. The van der Waals surface area contributed by atoms with Crippen LogP contribution in [0.25, 0.3) is 0 Å². The Bertz CT molecular complexity index is 1310. The molecule has 0 bridgehead atoms. The summed E-state index contributed by atoms with van der Waals surface area (Å²) in [6.07, 6.45) is 4.10. The zero-order valence-corrected chi connectivity index (χ0v) is 22.9. The SMILES string of the molecule is COc1ccccc1Oc1cccc(CN2CCC3(CC2)CCN(c2ccc(OC(=O)CC(=O)O)cc2)CC3)c1. The number of carboxylic acid groups (broad SMARTS) is 1. The van der Waals surface area contributed by atoms with Crippen LogP contribution in [0.4, 0.5) is 5.69 Å². The van der Waals surface area contributed by atoms with Crippen molar-refractivity contribution in [2.24, 2.45) is 5.41 Å². The third kappa shape index (κ3) is 6.93. The Labute approximate surface area is 235 Å². The summed E-state index contributed by atoms with van der Waals surface area (Å²) in [5.41, 5.74) is 2.74. The highest BCUT2D eigenvalue weighted by Crippen LogP contribution is 2.42. The fraction of sp³-hybridized carbons (Fsp3) is 0.375. The molecule has 0 amide bonds. The van der Waals surface area contributed by atoms with Crippen LogP contribution in [0.1, 0.15) is 37.7 Å². The number of hydrogen-bond acceptors (Lipinski definition) is 7. The van der Waals surface area contributed by atoms with Gasteiger partial charge in [0, 0.05) is 25.3 Å².